The first-order valence-electron chi connectivity index (χ1n) is 14.4. The lowest BCUT2D eigenvalue weighted by Gasteiger charge is -2.37. The largest absolute Gasteiger partial charge is 0.444 e. The first kappa shape index (κ1) is 28.4. The van der Waals surface area contributed by atoms with Crippen molar-refractivity contribution >= 4 is 28.9 Å². The monoisotopic (exact) mass is 555 g/mol. The van der Waals surface area contributed by atoms with Gasteiger partial charge in [0.1, 0.15) is 11.6 Å². The first-order chi connectivity index (χ1) is 19.0. The number of imide groups is 1. The van der Waals surface area contributed by atoms with Crippen LogP contribution in [0.4, 0.5) is 4.79 Å². The highest BCUT2D eigenvalue weighted by Gasteiger charge is 2.32. The molecular formula is C29H41N5O6. The zero-order valence-electron chi connectivity index (χ0n) is 24.0. The summed E-state index contributed by atoms with van der Waals surface area (Å²) in [6.45, 7) is 9.60. The molecule has 0 spiro atoms. The van der Waals surface area contributed by atoms with Crippen LogP contribution in [-0.2, 0) is 32.7 Å². The topological polar surface area (TPSA) is 115 Å². The number of aryl methyl sites for hydroxylation is 1. The Morgan fingerprint density at radius 1 is 0.950 bits per heavy atom. The molecule has 3 saturated heterocycles. The second kappa shape index (κ2) is 11.4. The minimum atomic E-state index is -0.677. The maximum absolute atomic E-state index is 13.0. The van der Waals surface area contributed by atoms with E-state index < -0.39 is 17.6 Å². The number of nitrogens with zero attached hydrogens (tertiary/aromatic N) is 4. The number of nitrogens with one attached hydrogen (secondary N) is 1. The maximum Gasteiger partial charge on any atom is 0.410 e. The van der Waals surface area contributed by atoms with Gasteiger partial charge in [0.25, 0.3) is 0 Å². The average Bonchev–Trinajstić information content (AvgIpc) is 3.14. The molecule has 3 aliphatic rings. The summed E-state index contributed by atoms with van der Waals surface area (Å²) in [7, 11) is 1.72. The molecule has 0 aliphatic carbocycles. The summed E-state index contributed by atoms with van der Waals surface area (Å²) in [6, 6.07) is 5.28. The lowest BCUT2D eigenvalue weighted by atomic mass is 10.0. The molecule has 11 nitrogen and oxygen atoms in total. The van der Waals surface area contributed by atoms with Crippen LogP contribution in [0, 0.1) is 0 Å². The van der Waals surface area contributed by atoms with Crippen LogP contribution < -0.4 is 11.0 Å². The molecule has 5 rings (SSSR count). The highest BCUT2D eigenvalue weighted by Crippen LogP contribution is 2.26. The predicted molar refractivity (Wildman–Crippen MR) is 149 cm³/mol. The quantitative estimate of drug-likeness (QED) is 0.564. The van der Waals surface area contributed by atoms with Crippen molar-refractivity contribution in [2.75, 3.05) is 26.2 Å². The van der Waals surface area contributed by atoms with Crippen LogP contribution in [0.2, 0.25) is 0 Å². The first-order valence-corrected chi connectivity index (χ1v) is 14.4. The molecule has 3 amide bonds. The highest BCUT2D eigenvalue weighted by atomic mass is 16.6. The van der Waals surface area contributed by atoms with E-state index in [1.54, 1.807) is 16.5 Å². The number of carbonyl (C=O) groups excluding carboxylic acids is 3. The Bertz CT molecular complexity index is 1320. The van der Waals surface area contributed by atoms with Gasteiger partial charge in [-0.05, 0) is 70.6 Å². The third-order valence-corrected chi connectivity index (χ3v) is 8.09. The Morgan fingerprint density at radius 3 is 2.23 bits per heavy atom. The third kappa shape index (κ3) is 6.25. The summed E-state index contributed by atoms with van der Waals surface area (Å²) < 4.78 is 15.0. The molecule has 218 valence electrons. The second-order valence-electron chi connectivity index (χ2n) is 12.3. The lowest BCUT2D eigenvalue weighted by molar-refractivity contribution is -0.135. The van der Waals surface area contributed by atoms with Gasteiger partial charge in [-0.3, -0.25) is 28.9 Å². The zero-order chi connectivity index (χ0) is 28.6. The van der Waals surface area contributed by atoms with Crippen molar-refractivity contribution in [1.29, 1.82) is 0 Å². The molecule has 40 heavy (non-hydrogen) atoms. The van der Waals surface area contributed by atoms with Crippen LogP contribution in [0.15, 0.2) is 23.0 Å². The van der Waals surface area contributed by atoms with Crippen LogP contribution in [0.25, 0.3) is 11.0 Å². The summed E-state index contributed by atoms with van der Waals surface area (Å²) in [5, 5.41) is 2.35. The molecule has 3 fully saturated rings. The van der Waals surface area contributed by atoms with Crippen LogP contribution in [0.3, 0.4) is 0 Å². The van der Waals surface area contributed by atoms with E-state index in [-0.39, 0.29) is 36.3 Å². The summed E-state index contributed by atoms with van der Waals surface area (Å²) in [6.07, 6.45) is 4.27. The molecule has 1 aromatic carbocycles. The van der Waals surface area contributed by atoms with Crippen LogP contribution in [0.5, 0.6) is 0 Å². The van der Waals surface area contributed by atoms with E-state index >= 15 is 0 Å². The number of ether oxygens (including phenoxy) is 2. The maximum atomic E-state index is 13.0. The normalized spacial score (nSPS) is 22.1. The van der Waals surface area contributed by atoms with Crippen molar-refractivity contribution in [3.8, 4) is 0 Å². The van der Waals surface area contributed by atoms with E-state index in [0.29, 0.717) is 25.0 Å². The fourth-order valence-electron chi connectivity index (χ4n) is 5.97. The number of piperidine rings is 3. The Kier molecular flexibility index (Phi) is 8.05. The molecule has 3 aliphatic heterocycles. The summed E-state index contributed by atoms with van der Waals surface area (Å²) in [5.74, 6) is -0.719. The number of carbonyl (C=O) groups is 3. The van der Waals surface area contributed by atoms with Gasteiger partial charge < -0.3 is 14.4 Å². The van der Waals surface area contributed by atoms with Gasteiger partial charge >= 0.3 is 11.8 Å². The van der Waals surface area contributed by atoms with E-state index in [4.69, 9.17) is 9.47 Å². The van der Waals surface area contributed by atoms with Crippen molar-refractivity contribution in [2.45, 2.75) is 89.7 Å². The number of imidazole rings is 1. The minimum absolute atomic E-state index is 0.173. The lowest BCUT2D eigenvalue weighted by Crippen LogP contribution is -2.45. The number of benzene rings is 1. The molecule has 1 N–H and O–H groups in total. The standard InChI is InChI=1S/C29H41N5O6/c1-29(2,3)40-28(38)33-15-11-21(12-16-33)39-20-9-13-32(14-10-20)18-19-5-6-22-24(17-19)31(4)27(37)34(22)23-7-8-25(35)30-26(23)36/h5-6,17,20-21,23H,7-16,18H2,1-4H3,(H,30,35,36). The van der Waals surface area contributed by atoms with E-state index in [0.717, 1.165) is 56.4 Å². The smallest absolute Gasteiger partial charge is 0.410 e. The van der Waals surface area contributed by atoms with Crippen molar-refractivity contribution in [3.05, 3.63) is 34.2 Å². The number of hydrogen-bond donors (Lipinski definition) is 1. The van der Waals surface area contributed by atoms with Gasteiger partial charge in [-0.25, -0.2) is 9.59 Å². The fourth-order valence-corrected chi connectivity index (χ4v) is 5.97. The van der Waals surface area contributed by atoms with Crippen molar-refractivity contribution in [3.63, 3.8) is 0 Å². The molecule has 2 aromatic rings. The number of hydrogen-bond acceptors (Lipinski definition) is 7. The summed E-state index contributed by atoms with van der Waals surface area (Å²) >= 11 is 0. The molecule has 1 atom stereocenters. The molecule has 0 saturated carbocycles. The van der Waals surface area contributed by atoms with Crippen molar-refractivity contribution < 1.29 is 23.9 Å². The zero-order valence-corrected chi connectivity index (χ0v) is 24.0. The highest BCUT2D eigenvalue weighted by molar-refractivity contribution is 6.00. The Balaban J connectivity index is 1.13. The third-order valence-electron chi connectivity index (χ3n) is 8.09. The number of likely N-dealkylation sites (tertiary alicyclic amines) is 2. The number of amides is 3. The average molecular weight is 556 g/mol. The molecule has 11 heteroatoms. The molecule has 1 unspecified atom stereocenters. The van der Waals surface area contributed by atoms with E-state index in [1.165, 1.54) is 4.57 Å². The minimum Gasteiger partial charge on any atom is -0.444 e. The molecule has 4 heterocycles. The summed E-state index contributed by atoms with van der Waals surface area (Å²) in [5.41, 5.74) is 1.86. The Morgan fingerprint density at radius 2 is 1.60 bits per heavy atom. The van der Waals surface area contributed by atoms with Crippen molar-refractivity contribution in [1.82, 2.24) is 24.3 Å². The number of rotatable bonds is 5. The second-order valence-corrected chi connectivity index (χ2v) is 12.3. The molecule has 0 radical (unpaired) electrons. The van der Waals surface area contributed by atoms with Gasteiger partial charge in [0.2, 0.25) is 11.8 Å². The molecular weight excluding hydrogens is 514 g/mol. The predicted octanol–water partition coefficient (Wildman–Crippen LogP) is 2.70. The fraction of sp³-hybridized carbons (Fsp3) is 0.655. The van der Waals surface area contributed by atoms with Gasteiger partial charge in [-0.1, -0.05) is 6.07 Å². The number of fused-ring (bicyclic) bond motifs is 1. The van der Waals surface area contributed by atoms with E-state index in [2.05, 4.69) is 10.2 Å². The Labute approximate surface area is 234 Å². The molecule has 1 aromatic heterocycles. The SMILES string of the molecule is Cn1c(=O)n(C2CCC(=O)NC2=O)c2ccc(CN3CCC(OC4CCN(C(=O)OC(C)(C)C)CC4)CC3)cc21. The van der Waals surface area contributed by atoms with Gasteiger partial charge in [0.05, 0.1) is 23.2 Å². The van der Waals surface area contributed by atoms with E-state index in [1.807, 2.05) is 39.0 Å². The number of aromatic nitrogens is 2. The van der Waals surface area contributed by atoms with Crippen LogP contribution >= 0.6 is 0 Å². The van der Waals surface area contributed by atoms with Gasteiger partial charge in [0, 0.05) is 46.2 Å². The van der Waals surface area contributed by atoms with Crippen LogP contribution in [0.1, 0.15) is 70.9 Å². The van der Waals surface area contributed by atoms with Gasteiger partial charge in [-0.2, -0.15) is 0 Å². The van der Waals surface area contributed by atoms with E-state index in [9.17, 15) is 19.2 Å². The van der Waals surface area contributed by atoms with Gasteiger partial charge in [0.15, 0.2) is 0 Å². The Hall–Kier alpha value is -3.18. The molecule has 0 bridgehead atoms. The summed E-state index contributed by atoms with van der Waals surface area (Å²) in [4.78, 5) is 53.5. The van der Waals surface area contributed by atoms with Crippen LogP contribution in [-0.4, -0.2) is 80.8 Å². The van der Waals surface area contributed by atoms with Crippen molar-refractivity contribution in [2.24, 2.45) is 7.05 Å². The van der Waals surface area contributed by atoms with Gasteiger partial charge in [-0.15, -0.1) is 0 Å².